The molecular weight excluding hydrogens is 510 g/mol. The number of ether oxygens (including phenoxy) is 1. The molecule has 0 radical (unpaired) electrons. The van der Waals surface area contributed by atoms with Crippen molar-refractivity contribution in [1.29, 1.82) is 0 Å². The third-order valence-corrected chi connectivity index (χ3v) is 7.24. The van der Waals surface area contributed by atoms with Crippen molar-refractivity contribution >= 4 is 34.9 Å². The molecule has 2 aromatic heterocycles. The van der Waals surface area contributed by atoms with E-state index in [1.165, 1.54) is 7.11 Å². The summed E-state index contributed by atoms with van der Waals surface area (Å²) < 4.78 is 7.02. The maximum atomic E-state index is 13.1. The van der Waals surface area contributed by atoms with E-state index in [1.54, 1.807) is 12.3 Å². The summed E-state index contributed by atoms with van der Waals surface area (Å²) in [4.78, 5) is 31.8. The molecule has 0 unspecified atom stereocenters. The van der Waals surface area contributed by atoms with Crippen molar-refractivity contribution < 1.29 is 14.3 Å². The quantitative estimate of drug-likeness (QED) is 0.255. The van der Waals surface area contributed by atoms with Crippen molar-refractivity contribution in [3.05, 3.63) is 113 Å². The molecule has 8 nitrogen and oxygen atoms in total. The van der Waals surface area contributed by atoms with Gasteiger partial charge in [0.1, 0.15) is 6.54 Å². The second kappa shape index (κ2) is 11.1. The third-order valence-electron chi connectivity index (χ3n) is 6.88. The smallest absolute Gasteiger partial charge is 0.337 e. The second-order valence-electron chi connectivity index (χ2n) is 9.37. The normalized spacial score (nSPS) is 16.6. The van der Waals surface area contributed by atoms with Crippen molar-refractivity contribution in [2.45, 2.75) is 25.9 Å². The van der Waals surface area contributed by atoms with E-state index < -0.39 is 5.97 Å². The van der Waals surface area contributed by atoms with Crippen LogP contribution in [0.2, 0.25) is 0 Å². The lowest BCUT2D eigenvalue weighted by atomic mass is 9.96. The zero-order valence-electron chi connectivity index (χ0n) is 21.9. The molecule has 1 saturated heterocycles. The fourth-order valence-corrected chi connectivity index (χ4v) is 5.47. The number of hydrogen-bond acceptors (Lipinski definition) is 5. The lowest BCUT2D eigenvalue weighted by molar-refractivity contribution is -0.116. The molecule has 2 N–H and O–H groups in total. The summed E-state index contributed by atoms with van der Waals surface area (Å²) in [5.74, 6) is -0.563. The molecule has 0 saturated carbocycles. The number of esters is 1. The van der Waals surface area contributed by atoms with E-state index in [0.717, 1.165) is 34.0 Å². The number of para-hydroxylation sites is 1. The van der Waals surface area contributed by atoms with Crippen LogP contribution in [0.1, 0.15) is 45.1 Å². The lowest BCUT2D eigenvalue weighted by Crippen LogP contribution is -2.37. The number of rotatable bonds is 7. The highest BCUT2D eigenvalue weighted by Crippen LogP contribution is 2.41. The van der Waals surface area contributed by atoms with Crippen molar-refractivity contribution in [1.82, 2.24) is 19.8 Å². The number of carbonyl (C=O) groups is 2. The van der Waals surface area contributed by atoms with E-state index in [2.05, 4.69) is 26.3 Å². The number of aryl methyl sites for hydroxylation is 1. The summed E-state index contributed by atoms with van der Waals surface area (Å²) in [7, 11) is 1.37. The van der Waals surface area contributed by atoms with Crippen LogP contribution in [0.3, 0.4) is 0 Å². The van der Waals surface area contributed by atoms with E-state index in [0.29, 0.717) is 10.7 Å². The predicted octanol–water partition coefficient (Wildman–Crippen LogP) is 4.89. The Labute approximate surface area is 232 Å². The van der Waals surface area contributed by atoms with E-state index in [-0.39, 0.29) is 24.5 Å². The zero-order chi connectivity index (χ0) is 27.5. The van der Waals surface area contributed by atoms with Crippen LogP contribution in [0.25, 0.3) is 5.69 Å². The van der Waals surface area contributed by atoms with Gasteiger partial charge >= 0.3 is 5.97 Å². The number of carbonyl (C=O) groups excluding carboxylic acids is 2. The van der Waals surface area contributed by atoms with Crippen LogP contribution in [-0.2, 0) is 9.53 Å². The van der Waals surface area contributed by atoms with Gasteiger partial charge in [-0.2, -0.15) is 0 Å². The number of hydrogen-bond donors (Lipinski definition) is 2. The highest BCUT2D eigenvalue weighted by molar-refractivity contribution is 7.80. The van der Waals surface area contributed by atoms with Crippen molar-refractivity contribution in [3.8, 4) is 5.69 Å². The number of aromatic nitrogens is 2. The summed E-state index contributed by atoms with van der Waals surface area (Å²) in [5.41, 5.74) is 5.83. The molecule has 0 bridgehead atoms. The lowest BCUT2D eigenvalue weighted by Gasteiger charge is -2.27. The van der Waals surface area contributed by atoms with E-state index >= 15 is 0 Å². The number of pyridine rings is 1. The molecule has 9 heteroatoms. The molecule has 3 heterocycles. The molecule has 1 amide bonds. The second-order valence-corrected chi connectivity index (χ2v) is 9.76. The highest BCUT2D eigenvalue weighted by atomic mass is 32.1. The van der Waals surface area contributed by atoms with E-state index in [4.69, 9.17) is 17.0 Å². The fourth-order valence-electron chi connectivity index (χ4n) is 5.17. The molecule has 39 heavy (non-hydrogen) atoms. The minimum absolute atomic E-state index is 0.0657. The summed E-state index contributed by atoms with van der Waals surface area (Å²) in [6.45, 7) is 4.12. The Bertz CT molecular complexity index is 1520. The van der Waals surface area contributed by atoms with Crippen LogP contribution >= 0.6 is 12.2 Å². The molecule has 1 aliphatic heterocycles. The first-order valence-electron chi connectivity index (χ1n) is 12.6. The summed E-state index contributed by atoms with van der Waals surface area (Å²) in [6.07, 6.45) is 1.75. The number of amides is 1. The molecule has 1 aliphatic rings. The summed E-state index contributed by atoms with van der Waals surface area (Å²) >= 11 is 5.76. The molecule has 4 aromatic rings. The van der Waals surface area contributed by atoms with Gasteiger partial charge in [0.25, 0.3) is 0 Å². The molecule has 1 fully saturated rings. The number of nitrogens with one attached hydrogen (secondary N) is 2. The summed E-state index contributed by atoms with van der Waals surface area (Å²) in [5, 5.41) is 6.86. The van der Waals surface area contributed by atoms with Crippen LogP contribution in [0.5, 0.6) is 0 Å². The number of anilines is 1. The van der Waals surface area contributed by atoms with Crippen LogP contribution in [-0.4, -0.2) is 45.1 Å². The molecule has 5 rings (SSSR count). The summed E-state index contributed by atoms with van der Waals surface area (Å²) in [6, 6.07) is 24.0. The number of thiocarbonyl (C=S) groups is 1. The highest BCUT2D eigenvalue weighted by Gasteiger charge is 2.42. The molecule has 2 aromatic carbocycles. The Morgan fingerprint density at radius 2 is 1.79 bits per heavy atom. The predicted molar refractivity (Wildman–Crippen MR) is 154 cm³/mol. The van der Waals surface area contributed by atoms with Gasteiger partial charge in [0.15, 0.2) is 5.11 Å². The van der Waals surface area contributed by atoms with Crippen molar-refractivity contribution in [2.24, 2.45) is 0 Å². The van der Waals surface area contributed by atoms with Crippen LogP contribution in [0.4, 0.5) is 5.69 Å². The Morgan fingerprint density at radius 1 is 1.03 bits per heavy atom. The fraction of sp³-hybridized carbons (Fsp3) is 0.200. The molecule has 0 aliphatic carbocycles. The van der Waals surface area contributed by atoms with Crippen LogP contribution in [0, 0.1) is 13.8 Å². The van der Waals surface area contributed by atoms with Gasteiger partial charge in [-0.1, -0.05) is 30.3 Å². The van der Waals surface area contributed by atoms with Crippen LogP contribution < -0.4 is 10.6 Å². The molecule has 0 spiro atoms. The van der Waals surface area contributed by atoms with Gasteiger partial charge in [-0.3, -0.25) is 9.78 Å². The van der Waals surface area contributed by atoms with Gasteiger partial charge in [0, 0.05) is 29.0 Å². The van der Waals surface area contributed by atoms with Crippen LogP contribution in [0.15, 0.2) is 85.1 Å². The maximum Gasteiger partial charge on any atom is 0.337 e. The number of nitrogens with zero attached hydrogens (tertiary/aromatic N) is 3. The number of methoxy groups -OCH3 is 1. The topological polar surface area (TPSA) is 88.5 Å². The Morgan fingerprint density at radius 3 is 2.51 bits per heavy atom. The first-order valence-corrected chi connectivity index (χ1v) is 13.0. The average Bonchev–Trinajstić information content (AvgIpc) is 3.43. The maximum absolute atomic E-state index is 13.1. The van der Waals surface area contributed by atoms with Crippen molar-refractivity contribution in [3.63, 3.8) is 0 Å². The van der Waals surface area contributed by atoms with E-state index in [1.807, 2.05) is 85.5 Å². The monoisotopic (exact) mass is 539 g/mol. The van der Waals surface area contributed by atoms with Gasteiger partial charge in [0.2, 0.25) is 5.91 Å². The minimum Gasteiger partial charge on any atom is -0.465 e. The Kier molecular flexibility index (Phi) is 7.42. The van der Waals surface area contributed by atoms with Gasteiger partial charge in [0.05, 0.1) is 30.5 Å². The van der Waals surface area contributed by atoms with Gasteiger partial charge in [-0.05, 0) is 80.2 Å². The Hall–Kier alpha value is -4.50. The third kappa shape index (κ3) is 5.26. The Balaban J connectivity index is 1.54. The van der Waals surface area contributed by atoms with Gasteiger partial charge in [-0.15, -0.1) is 0 Å². The molecular formula is C30H29N5O3S. The SMILES string of the molecule is COC(=O)c1cccc(-n2c(C)cc([C@@H]3[C@@H](c4ccccn4)NC(=S)N3CC(=O)Nc3ccccc3)c2C)c1. The largest absolute Gasteiger partial charge is 0.465 e. The first kappa shape index (κ1) is 26.1. The molecule has 198 valence electrons. The first-order chi connectivity index (χ1) is 18.9. The van der Waals surface area contributed by atoms with Crippen molar-refractivity contribution in [2.75, 3.05) is 19.0 Å². The van der Waals surface area contributed by atoms with E-state index in [9.17, 15) is 9.59 Å². The standard InChI is InChI=1S/C30H29N5O3S/c1-19-16-24(20(2)35(19)23-13-9-10-21(17-23)29(37)38-3)28-27(25-14-7-8-15-31-25)33-30(39)34(28)18-26(36)32-22-11-5-4-6-12-22/h4-17,27-28H,18H2,1-3H3,(H,32,36)(H,33,39)/t27-,28-/m1/s1. The average molecular weight is 540 g/mol. The zero-order valence-corrected chi connectivity index (χ0v) is 22.7. The van der Waals surface area contributed by atoms with Gasteiger partial charge < -0.3 is 24.8 Å². The minimum atomic E-state index is -0.393. The van der Waals surface area contributed by atoms with Gasteiger partial charge in [-0.25, -0.2) is 4.79 Å². The molecule has 2 atom stereocenters. The number of benzene rings is 2.